The van der Waals surface area contributed by atoms with E-state index in [-0.39, 0.29) is 0 Å². The standard InChI is InChI=1S/C14H13ClO2/c1-14(10-16,9-13-6-3-7-17-13)11-4-2-5-12(15)8-11/h2-8,10H,9H2,1H3. The van der Waals surface area contributed by atoms with Gasteiger partial charge in [-0.2, -0.15) is 0 Å². The molecule has 0 saturated heterocycles. The van der Waals surface area contributed by atoms with Crippen molar-refractivity contribution in [1.82, 2.24) is 0 Å². The predicted octanol–water partition coefficient (Wildman–Crippen LogP) is 3.63. The summed E-state index contributed by atoms with van der Waals surface area (Å²) in [7, 11) is 0. The molecule has 2 nitrogen and oxygen atoms in total. The van der Waals surface area contributed by atoms with E-state index in [1.165, 1.54) is 0 Å². The van der Waals surface area contributed by atoms with Crippen molar-refractivity contribution < 1.29 is 9.21 Å². The van der Waals surface area contributed by atoms with Crippen LogP contribution in [0.15, 0.2) is 47.1 Å². The molecule has 1 atom stereocenters. The zero-order valence-electron chi connectivity index (χ0n) is 9.52. The van der Waals surface area contributed by atoms with Gasteiger partial charge in [0.15, 0.2) is 0 Å². The molecule has 88 valence electrons. The molecule has 0 fully saturated rings. The monoisotopic (exact) mass is 248 g/mol. The molecule has 1 unspecified atom stereocenters. The Morgan fingerprint density at radius 3 is 2.76 bits per heavy atom. The van der Waals surface area contributed by atoms with Crippen LogP contribution in [0, 0.1) is 0 Å². The summed E-state index contributed by atoms with van der Waals surface area (Å²) < 4.78 is 5.29. The van der Waals surface area contributed by atoms with Crippen molar-refractivity contribution in [3.63, 3.8) is 0 Å². The Balaban J connectivity index is 2.34. The van der Waals surface area contributed by atoms with E-state index in [0.29, 0.717) is 11.4 Å². The lowest BCUT2D eigenvalue weighted by Crippen LogP contribution is -2.26. The number of furan rings is 1. The third kappa shape index (κ3) is 2.59. The topological polar surface area (TPSA) is 30.2 Å². The molecule has 0 aliphatic heterocycles. The third-order valence-electron chi connectivity index (χ3n) is 2.87. The van der Waals surface area contributed by atoms with Gasteiger partial charge >= 0.3 is 0 Å². The Morgan fingerprint density at radius 2 is 2.18 bits per heavy atom. The van der Waals surface area contributed by atoms with Crippen molar-refractivity contribution in [2.24, 2.45) is 0 Å². The number of carbonyl (C=O) groups is 1. The number of carbonyl (C=O) groups excluding carboxylic acids is 1. The van der Waals surface area contributed by atoms with Crippen LogP contribution >= 0.6 is 11.6 Å². The fourth-order valence-corrected chi connectivity index (χ4v) is 2.02. The number of halogens is 1. The highest BCUT2D eigenvalue weighted by Crippen LogP contribution is 2.28. The molecular formula is C14H13ClO2. The largest absolute Gasteiger partial charge is 0.469 e. The Bertz CT molecular complexity index is 505. The fraction of sp³-hybridized carbons (Fsp3) is 0.214. The van der Waals surface area contributed by atoms with Crippen LogP contribution in [0.1, 0.15) is 18.2 Å². The van der Waals surface area contributed by atoms with Crippen molar-refractivity contribution in [2.45, 2.75) is 18.8 Å². The average molecular weight is 249 g/mol. The molecule has 2 rings (SSSR count). The summed E-state index contributed by atoms with van der Waals surface area (Å²) in [4.78, 5) is 11.4. The van der Waals surface area contributed by atoms with E-state index in [4.69, 9.17) is 16.0 Å². The SMILES string of the molecule is CC(C=O)(Cc1ccco1)c1cccc(Cl)c1. The molecule has 0 saturated carbocycles. The molecule has 1 heterocycles. The lowest BCUT2D eigenvalue weighted by molar-refractivity contribution is -0.112. The van der Waals surface area contributed by atoms with Crippen LogP contribution in [0.2, 0.25) is 5.02 Å². The van der Waals surface area contributed by atoms with Crippen molar-refractivity contribution in [1.29, 1.82) is 0 Å². The molecule has 0 aliphatic carbocycles. The molecule has 0 spiro atoms. The van der Waals surface area contributed by atoms with Gasteiger partial charge in [0.1, 0.15) is 12.0 Å². The molecule has 0 amide bonds. The highest BCUT2D eigenvalue weighted by atomic mass is 35.5. The maximum Gasteiger partial charge on any atom is 0.130 e. The van der Waals surface area contributed by atoms with Gasteiger partial charge in [0.05, 0.1) is 11.7 Å². The lowest BCUT2D eigenvalue weighted by atomic mass is 9.80. The van der Waals surface area contributed by atoms with Crippen molar-refractivity contribution in [2.75, 3.05) is 0 Å². The van der Waals surface area contributed by atoms with Crippen LogP contribution in [-0.2, 0) is 16.6 Å². The molecule has 1 aromatic carbocycles. The minimum Gasteiger partial charge on any atom is -0.469 e. The van der Waals surface area contributed by atoms with Gasteiger partial charge in [-0.05, 0) is 36.8 Å². The van der Waals surface area contributed by atoms with Crippen molar-refractivity contribution >= 4 is 17.9 Å². The van der Waals surface area contributed by atoms with Gasteiger partial charge in [-0.15, -0.1) is 0 Å². The number of rotatable bonds is 4. The van der Waals surface area contributed by atoms with E-state index in [1.807, 2.05) is 37.3 Å². The van der Waals surface area contributed by atoms with Crippen molar-refractivity contribution in [3.8, 4) is 0 Å². The minimum atomic E-state index is -0.608. The first-order valence-corrected chi connectivity index (χ1v) is 5.76. The highest BCUT2D eigenvalue weighted by Gasteiger charge is 2.27. The first-order chi connectivity index (χ1) is 8.14. The van der Waals surface area contributed by atoms with Crippen LogP contribution < -0.4 is 0 Å². The Labute approximate surface area is 105 Å². The van der Waals surface area contributed by atoms with Crippen LogP contribution in [0.5, 0.6) is 0 Å². The normalized spacial score (nSPS) is 14.2. The summed E-state index contributed by atoms with van der Waals surface area (Å²) in [5, 5.41) is 0.634. The first-order valence-electron chi connectivity index (χ1n) is 5.39. The predicted molar refractivity (Wildman–Crippen MR) is 67.3 cm³/mol. The molecule has 0 N–H and O–H groups in total. The van der Waals surface area contributed by atoms with E-state index in [2.05, 4.69) is 0 Å². The number of hydrogen-bond donors (Lipinski definition) is 0. The zero-order valence-corrected chi connectivity index (χ0v) is 10.3. The van der Waals surface area contributed by atoms with Gasteiger partial charge in [0.2, 0.25) is 0 Å². The summed E-state index contributed by atoms with van der Waals surface area (Å²) in [5.41, 5.74) is 0.291. The van der Waals surface area contributed by atoms with Crippen LogP contribution in [0.25, 0.3) is 0 Å². The summed E-state index contributed by atoms with van der Waals surface area (Å²) in [6.45, 7) is 1.88. The lowest BCUT2D eigenvalue weighted by Gasteiger charge is -2.22. The van der Waals surface area contributed by atoms with Gasteiger partial charge in [0.25, 0.3) is 0 Å². The van der Waals surface area contributed by atoms with E-state index in [0.717, 1.165) is 17.6 Å². The van der Waals surface area contributed by atoms with E-state index < -0.39 is 5.41 Å². The molecule has 17 heavy (non-hydrogen) atoms. The maximum absolute atomic E-state index is 11.4. The van der Waals surface area contributed by atoms with Crippen molar-refractivity contribution in [3.05, 3.63) is 59.0 Å². The van der Waals surface area contributed by atoms with E-state index in [1.54, 1.807) is 12.3 Å². The van der Waals surface area contributed by atoms with Crippen LogP contribution in [-0.4, -0.2) is 6.29 Å². The molecule has 0 aliphatic rings. The maximum atomic E-state index is 11.4. The number of benzene rings is 1. The fourth-order valence-electron chi connectivity index (χ4n) is 1.83. The van der Waals surface area contributed by atoms with E-state index >= 15 is 0 Å². The quantitative estimate of drug-likeness (QED) is 0.774. The summed E-state index contributed by atoms with van der Waals surface area (Å²) in [6, 6.07) is 11.1. The minimum absolute atomic E-state index is 0.532. The van der Waals surface area contributed by atoms with Gasteiger partial charge in [0, 0.05) is 11.4 Å². The van der Waals surface area contributed by atoms with Gasteiger partial charge < -0.3 is 9.21 Å². The van der Waals surface area contributed by atoms with Gasteiger partial charge in [-0.25, -0.2) is 0 Å². The highest BCUT2D eigenvalue weighted by molar-refractivity contribution is 6.30. The summed E-state index contributed by atoms with van der Waals surface area (Å²) in [6.07, 6.45) is 3.09. The van der Waals surface area contributed by atoms with E-state index in [9.17, 15) is 4.79 Å². The van der Waals surface area contributed by atoms with Crippen LogP contribution in [0.4, 0.5) is 0 Å². The Hall–Kier alpha value is -1.54. The second-order valence-corrected chi connectivity index (χ2v) is 4.74. The Kier molecular flexibility index (Phi) is 3.34. The first kappa shape index (κ1) is 11.9. The molecule has 1 aromatic heterocycles. The van der Waals surface area contributed by atoms with Gasteiger partial charge in [-0.3, -0.25) is 0 Å². The number of hydrogen-bond acceptors (Lipinski definition) is 2. The summed E-state index contributed by atoms with van der Waals surface area (Å²) in [5.74, 6) is 0.791. The molecule has 0 bridgehead atoms. The average Bonchev–Trinajstić information content (AvgIpc) is 2.81. The van der Waals surface area contributed by atoms with Crippen LogP contribution in [0.3, 0.4) is 0 Å². The molecule has 3 heteroatoms. The molecular weight excluding hydrogens is 236 g/mol. The Morgan fingerprint density at radius 1 is 1.35 bits per heavy atom. The summed E-state index contributed by atoms with van der Waals surface area (Å²) >= 11 is 5.95. The molecule has 2 aromatic rings. The second kappa shape index (κ2) is 4.76. The smallest absolute Gasteiger partial charge is 0.130 e. The van der Waals surface area contributed by atoms with Gasteiger partial charge in [-0.1, -0.05) is 23.7 Å². The second-order valence-electron chi connectivity index (χ2n) is 4.30. The number of aldehydes is 1. The third-order valence-corrected chi connectivity index (χ3v) is 3.10. The zero-order chi connectivity index (χ0) is 12.3. The molecule has 0 radical (unpaired) electrons.